The summed E-state index contributed by atoms with van der Waals surface area (Å²) in [6, 6.07) is 0. The maximum absolute atomic E-state index is 12.4. The molecular formula is C19H36N4O2. The molecule has 0 aromatic carbocycles. The lowest BCUT2D eigenvalue weighted by Gasteiger charge is -2.37. The minimum atomic E-state index is -0.202. The topological polar surface area (TPSA) is 57.2 Å². The number of carbonyl (C=O) groups excluding carboxylic acids is 1. The van der Waals surface area contributed by atoms with Crippen LogP contribution in [0.25, 0.3) is 0 Å². The number of unbranched alkanes of at least 4 members (excludes halogenated alkanes) is 1. The van der Waals surface area contributed by atoms with Crippen LogP contribution in [-0.4, -0.2) is 74.1 Å². The summed E-state index contributed by atoms with van der Waals surface area (Å²) in [5.74, 6) is 1.13. The van der Waals surface area contributed by atoms with Crippen LogP contribution in [0.3, 0.4) is 0 Å². The molecule has 2 saturated heterocycles. The van der Waals surface area contributed by atoms with Crippen molar-refractivity contribution in [3.8, 4) is 0 Å². The van der Waals surface area contributed by atoms with E-state index in [1.54, 1.807) is 0 Å². The number of amides is 1. The molecule has 6 heteroatoms. The predicted octanol–water partition coefficient (Wildman–Crippen LogP) is 2.10. The predicted molar refractivity (Wildman–Crippen MR) is 102 cm³/mol. The van der Waals surface area contributed by atoms with Crippen LogP contribution in [0.4, 0.5) is 0 Å². The first-order valence-corrected chi connectivity index (χ1v) is 9.77. The van der Waals surface area contributed by atoms with Crippen LogP contribution in [0.15, 0.2) is 4.99 Å². The highest BCUT2D eigenvalue weighted by Crippen LogP contribution is 2.21. The molecule has 1 amide bonds. The van der Waals surface area contributed by atoms with Crippen molar-refractivity contribution in [2.24, 2.45) is 10.4 Å². The highest BCUT2D eigenvalue weighted by molar-refractivity contribution is 5.82. The molecule has 0 spiro atoms. The number of aliphatic imine (C=N–C) groups is 1. The Hall–Kier alpha value is -1.30. The lowest BCUT2D eigenvalue weighted by molar-refractivity contribution is -0.142. The summed E-state index contributed by atoms with van der Waals surface area (Å²) in [5.41, 5.74) is 0.410. The zero-order chi connectivity index (χ0) is 18.3. The summed E-state index contributed by atoms with van der Waals surface area (Å²) < 4.78 is 5.52. The standard InChI is InChI=1S/C19H36N4O2/c1-19(2,3)9-5-6-10-21-18(20-4)23-13-11-22(12-14-23)17(24)16-8-7-15-25-16/h16H,5-15H2,1-4H3,(H,20,21). The summed E-state index contributed by atoms with van der Waals surface area (Å²) in [6.45, 7) is 11.7. The Morgan fingerprint density at radius 3 is 2.40 bits per heavy atom. The van der Waals surface area contributed by atoms with E-state index >= 15 is 0 Å². The maximum Gasteiger partial charge on any atom is 0.251 e. The minimum absolute atomic E-state index is 0.169. The van der Waals surface area contributed by atoms with Crippen LogP contribution in [0.1, 0.15) is 52.9 Å². The van der Waals surface area contributed by atoms with Gasteiger partial charge in [0.2, 0.25) is 0 Å². The second-order valence-corrected chi connectivity index (χ2v) is 8.31. The number of nitrogens with one attached hydrogen (secondary N) is 1. The molecule has 1 unspecified atom stereocenters. The van der Waals surface area contributed by atoms with Crippen LogP contribution >= 0.6 is 0 Å². The molecule has 2 fully saturated rings. The smallest absolute Gasteiger partial charge is 0.251 e. The highest BCUT2D eigenvalue weighted by Gasteiger charge is 2.30. The molecule has 2 rings (SSSR count). The van der Waals surface area contributed by atoms with Gasteiger partial charge in [-0.3, -0.25) is 9.79 Å². The second-order valence-electron chi connectivity index (χ2n) is 8.31. The average molecular weight is 353 g/mol. The Bertz CT molecular complexity index is 445. The largest absolute Gasteiger partial charge is 0.368 e. The van der Waals surface area contributed by atoms with Gasteiger partial charge in [0.05, 0.1) is 0 Å². The van der Waals surface area contributed by atoms with Crippen molar-refractivity contribution in [2.75, 3.05) is 46.4 Å². The molecule has 0 saturated carbocycles. The molecule has 1 N–H and O–H groups in total. The van der Waals surface area contributed by atoms with Gasteiger partial charge < -0.3 is 19.9 Å². The normalized spacial score (nSPS) is 22.4. The van der Waals surface area contributed by atoms with Gasteiger partial charge in [-0.05, 0) is 31.1 Å². The molecule has 25 heavy (non-hydrogen) atoms. The van der Waals surface area contributed by atoms with Crippen LogP contribution in [-0.2, 0) is 9.53 Å². The van der Waals surface area contributed by atoms with Crippen molar-refractivity contribution in [2.45, 2.75) is 59.0 Å². The summed E-state index contributed by atoms with van der Waals surface area (Å²) in [5, 5.41) is 3.47. The summed E-state index contributed by atoms with van der Waals surface area (Å²) >= 11 is 0. The Labute approximate surface area is 153 Å². The number of piperazine rings is 1. The Morgan fingerprint density at radius 1 is 1.16 bits per heavy atom. The quantitative estimate of drug-likeness (QED) is 0.468. The van der Waals surface area contributed by atoms with Crippen LogP contribution in [0, 0.1) is 5.41 Å². The van der Waals surface area contributed by atoms with E-state index in [2.05, 4.69) is 36.0 Å². The molecular weight excluding hydrogens is 316 g/mol. The van der Waals surface area contributed by atoms with Crippen LogP contribution in [0.5, 0.6) is 0 Å². The number of nitrogens with zero attached hydrogens (tertiary/aromatic N) is 3. The van der Waals surface area contributed by atoms with Gasteiger partial charge in [0.1, 0.15) is 6.10 Å². The molecule has 0 aromatic rings. The van der Waals surface area contributed by atoms with E-state index in [0.717, 1.165) is 64.6 Å². The van der Waals surface area contributed by atoms with Gasteiger partial charge in [0.15, 0.2) is 5.96 Å². The first kappa shape index (κ1) is 20.0. The molecule has 0 aliphatic carbocycles. The van der Waals surface area contributed by atoms with Gasteiger partial charge in [0.25, 0.3) is 5.91 Å². The SMILES string of the molecule is CN=C(NCCCCC(C)(C)C)N1CCN(C(=O)C2CCCO2)CC1. The van der Waals surface area contributed by atoms with E-state index in [9.17, 15) is 4.79 Å². The fourth-order valence-electron chi connectivity index (χ4n) is 3.43. The molecule has 144 valence electrons. The van der Waals surface area contributed by atoms with E-state index in [0.29, 0.717) is 5.41 Å². The molecule has 0 aromatic heterocycles. The van der Waals surface area contributed by atoms with E-state index in [1.807, 2.05) is 11.9 Å². The number of ether oxygens (including phenoxy) is 1. The van der Waals surface area contributed by atoms with Crippen molar-refractivity contribution in [3.05, 3.63) is 0 Å². The Balaban J connectivity index is 1.68. The van der Waals surface area contributed by atoms with Crippen molar-refractivity contribution in [3.63, 3.8) is 0 Å². The fourth-order valence-corrected chi connectivity index (χ4v) is 3.43. The van der Waals surface area contributed by atoms with Crippen molar-refractivity contribution in [1.82, 2.24) is 15.1 Å². The Morgan fingerprint density at radius 2 is 1.84 bits per heavy atom. The Kier molecular flexibility index (Phi) is 7.54. The lowest BCUT2D eigenvalue weighted by Crippen LogP contribution is -2.55. The third kappa shape index (κ3) is 6.49. The van der Waals surface area contributed by atoms with E-state index < -0.39 is 0 Å². The van der Waals surface area contributed by atoms with Gasteiger partial charge >= 0.3 is 0 Å². The number of hydrogen-bond acceptors (Lipinski definition) is 3. The molecule has 1 atom stereocenters. The number of guanidine groups is 1. The minimum Gasteiger partial charge on any atom is -0.368 e. The van der Waals surface area contributed by atoms with Crippen molar-refractivity contribution < 1.29 is 9.53 Å². The zero-order valence-corrected chi connectivity index (χ0v) is 16.5. The third-order valence-corrected chi connectivity index (χ3v) is 4.94. The molecule has 2 aliphatic rings. The molecule has 6 nitrogen and oxygen atoms in total. The zero-order valence-electron chi connectivity index (χ0n) is 16.5. The highest BCUT2D eigenvalue weighted by atomic mass is 16.5. The van der Waals surface area contributed by atoms with Crippen LogP contribution < -0.4 is 5.32 Å². The van der Waals surface area contributed by atoms with Gasteiger partial charge in [-0.1, -0.05) is 27.2 Å². The third-order valence-electron chi connectivity index (χ3n) is 4.94. The first-order valence-electron chi connectivity index (χ1n) is 9.77. The van der Waals surface area contributed by atoms with E-state index in [1.165, 1.54) is 12.8 Å². The van der Waals surface area contributed by atoms with Crippen molar-refractivity contribution >= 4 is 11.9 Å². The average Bonchev–Trinajstić information content (AvgIpc) is 3.11. The number of rotatable bonds is 5. The lowest BCUT2D eigenvalue weighted by atomic mass is 9.90. The molecule has 2 heterocycles. The van der Waals surface area contributed by atoms with Gasteiger partial charge in [0, 0.05) is 46.4 Å². The summed E-state index contributed by atoms with van der Waals surface area (Å²) in [4.78, 5) is 21.0. The van der Waals surface area contributed by atoms with Crippen molar-refractivity contribution in [1.29, 1.82) is 0 Å². The van der Waals surface area contributed by atoms with E-state index in [-0.39, 0.29) is 12.0 Å². The fraction of sp³-hybridized carbons (Fsp3) is 0.895. The van der Waals surface area contributed by atoms with Gasteiger partial charge in [-0.25, -0.2) is 0 Å². The number of hydrogen-bond donors (Lipinski definition) is 1. The molecule has 0 bridgehead atoms. The summed E-state index contributed by atoms with van der Waals surface area (Å²) in [7, 11) is 1.83. The monoisotopic (exact) mass is 352 g/mol. The maximum atomic E-state index is 12.4. The summed E-state index contributed by atoms with van der Waals surface area (Å²) in [6.07, 6.45) is 5.31. The first-order chi connectivity index (χ1) is 11.9. The van der Waals surface area contributed by atoms with E-state index in [4.69, 9.17) is 4.74 Å². The van der Waals surface area contributed by atoms with Crippen LogP contribution in [0.2, 0.25) is 0 Å². The molecule has 2 aliphatic heterocycles. The van der Waals surface area contributed by atoms with Gasteiger partial charge in [-0.15, -0.1) is 0 Å². The van der Waals surface area contributed by atoms with Gasteiger partial charge in [-0.2, -0.15) is 0 Å². The number of carbonyl (C=O) groups is 1. The molecule has 0 radical (unpaired) electrons. The second kappa shape index (κ2) is 9.41.